The zero-order valence-corrected chi connectivity index (χ0v) is 15.2. The van der Waals surface area contributed by atoms with Gasteiger partial charge in [-0.15, -0.1) is 24.2 Å². The fraction of sp³-hybridized carbons (Fsp3) is 0.316. The quantitative estimate of drug-likeness (QED) is 0.819. The van der Waals surface area contributed by atoms with Gasteiger partial charge in [0.05, 0.1) is 0 Å². The Bertz CT molecular complexity index is 648. The van der Waals surface area contributed by atoms with Gasteiger partial charge in [0.15, 0.2) is 0 Å². The minimum atomic E-state index is 0. The van der Waals surface area contributed by atoms with Crippen LogP contribution in [0.2, 0.25) is 0 Å². The van der Waals surface area contributed by atoms with Gasteiger partial charge in [-0.2, -0.15) is 0 Å². The van der Waals surface area contributed by atoms with Gasteiger partial charge >= 0.3 is 0 Å². The van der Waals surface area contributed by atoms with Crippen LogP contribution in [-0.4, -0.2) is 29.9 Å². The van der Waals surface area contributed by atoms with Crippen LogP contribution >= 0.6 is 24.2 Å². The fourth-order valence-electron chi connectivity index (χ4n) is 2.94. The van der Waals surface area contributed by atoms with Crippen molar-refractivity contribution in [1.82, 2.24) is 4.90 Å². The molecule has 0 aliphatic carbocycles. The molecular formula is C19H23ClN2OS. The minimum absolute atomic E-state index is 0. The molecule has 2 N–H and O–H groups in total. The van der Waals surface area contributed by atoms with Gasteiger partial charge in [-0.3, -0.25) is 4.79 Å². The first-order valence-corrected chi connectivity index (χ1v) is 9.04. The summed E-state index contributed by atoms with van der Waals surface area (Å²) >= 11 is 1.81. The standard InChI is InChI=1S/C19H22N2OS.ClH/c20-13-17-5-4-12-21(17)19(22)16-10-8-15(9-11-16)14-23-18-6-2-1-3-7-18;/h1-3,6-11,17H,4-5,12-14,20H2;1H. The first-order chi connectivity index (χ1) is 11.3. The summed E-state index contributed by atoms with van der Waals surface area (Å²) in [6, 6.07) is 18.5. The molecule has 1 aliphatic heterocycles. The summed E-state index contributed by atoms with van der Waals surface area (Å²) in [5, 5.41) is 0. The molecule has 0 saturated carbocycles. The van der Waals surface area contributed by atoms with Crippen molar-refractivity contribution in [3.05, 3.63) is 65.7 Å². The predicted molar refractivity (Wildman–Crippen MR) is 103 cm³/mol. The van der Waals surface area contributed by atoms with E-state index in [1.165, 1.54) is 10.5 Å². The number of carbonyl (C=O) groups excluding carboxylic acids is 1. The zero-order valence-electron chi connectivity index (χ0n) is 13.6. The Morgan fingerprint density at radius 1 is 1.12 bits per heavy atom. The summed E-state index contributed by atoms with van der Waals surface area (Å²) in [7, 11) is 0. The predicted octanol–water partition coefficient (Wildman–Crippen LogP) is 3.96. The van der Waals surface area contributed by atoms with Gasteiger partial charge < -0.3 is 10.6 Å². The van der Waals surface area contributed by atoms with E-state index in [1.54, 1.807) is 11.8 Å². The number of hydrogen-bond donors (Lipinski definition) is 1. The summed E-state index contributed by atoms with van der Waals surface area (Å²) in [6.07, 6.45) is 2.08. The molecule has 1 amide bonds. The van der Waals surface area contributed by atoms with Crippen molar-refractivity contribution in [2.75, 3.05) is 13.1 Å². The number of nitrogens with zero attached hydrogens (tertiary/aromatic N) is 1. The van der Waals surface area contributed by atoms with Crippen LogP contribution in [0.4, 0.5) is 0 Å². The molecule has 0 radical (unpaired) electrons. The molecule has 0 spiro atoms. The SMILES string of the molecule is Cl.NCC1CCCN1C(=O)c1ccc(CSc2ccccc2)cc1. The number of benzene rings is 2. The number of amides is 1. The maximum Gasteiger partial charge on any atom is 0.254 e. The Hall–Kier alpha value is -1.49. The second kappa shape index (κ2) is 9.11. The van der Waals surface area contributed by atoms with Crippen molar-refractivity contribution in [3.63, 3.8) is 0 Å². The summed E-state index contributed by atoms with van der Waals surface area (Å²) < 4.78 is 0. The molecule has 1 heterocycles. The van der Waals surface area contributed by atoms with Crippen molar-refractivity contribution in [3.8, 4) is 0 Å². The summed E-state index contributed by atoms with van der Waals surface area (Å²) in [6.45, 7) is 1.38. The number of hydrogen-bond acceptors (Lipinski definition) is 3. The Labute approximate surface area is 154 Å². The first kappa shape index (κ1) is 18.8. The molecule has 24 heavy (non-hydrogen) atoms. The number of likely N-dealkylation sites (tertiary alicyclic amines) is 1. The third-order valence-corrected chi connectivity index (χ3v) is 5.34. The van der Waals surface area contributed by atoms with Crippen LogP contribution < -0.4 is 5.73 Å². The third kappa shape index (κ3) is 4.53. The van der Waals surface area contributed by atoms with Crippen molar-refractivity contribution >= 4 is 30.1 Å². The summed E-state index contributed by atoms with van der Waals surface area (Å²) in [4.78, 5) is 15.8. The largest absolute Gasteiger partial charge is 0.334 e. The smallest absolute Gasteiger partial charge is 0.254 e. The lowest BCUT2D eigenvalue weighted by Gasteiger charge is -2.23. The maximum atomic E-state index is 12.6. The molecule has 3 nitrogen and oxygen atoms in total. The Morgan fingerprint density at radius 3 is 2.50 bits per heavy atom. The van der Waals surface area contributed by atoms with E-state index in [9.17, 15) is 4.79 Å². The van der Waals surface area contributed by atoms with Crippen LogP contribution in [0.15, 0.2) is 59.5 Å². The van der Waals surface area contributed by atoms with Crippen LogP contribution in [-0.2, 0) is 5.75 Å². The highest BCUT2D eigenvalue weighted by atomic mass is 35.5. The third-order valence-electron chi connectivity index (χ3n) is 4.26. The molecule has 1 saturated heterocycles. The fourth-order valence-corrected chi connectivity index (χ4v) is 3.82. The van der Waals surface area contributed by atoms with E-state index in [0.717, 1.165) is 30.7 Å². The number of halogens is 1. The molecule has 0 aromatic heterocycles. The number of carbonyl (C=O) groups is 1. The van der Waals surface area contributed by atoms with E-state index in [1.807, 2.05) is 35.2 Å². The molecule has 1 atom stereocenters. The lowest BCUT2D eigenvalue weighted by Crippen LogP contribution is -2.39. The van der Waals surface area contributed by atoms with Gasteiger partial charge in [-0.25, -0.2) is 0 Å². The molecule has 3 rings (SSSR count). The Morgan fingerprint density at radius 2 is 1.83 bits per heavy atom. The molecule has 5 heteroatoms. The second-order valence-corrected chi connectivity index (χ2v) is 6.88. The highest BCUT2D eigenvalue weighted by Crippen LogP contribution is 2.23. The maximum absolute atomic E-state index is 12.6. The molecule has 1 unspecified atom stereocenters. The van der Waals surface area contributed by atoms with E-state index in [4.69, 9.17) is 5.73 Å². The van der Waals surface area contributed by atoms with Gasteiger partial charge in [0.1, 0.15) is 0 Å². The van der Waals surface area contributed by atoms with Crippen LogP contribution in [0.3, 0.4) is 0 Å². The monoisotopic (exact) mass is 362 g/mol. The average molecular weight is 363 g/mol. The van der Waals surface area contributed by atoms with E-state index in [-0.39, 0.29) is 24.4 Å². The van der Waals surface area contributed by atoms with Crippen molar-refractivity contribution in [2.45, 2.75) is 29.5 Å². The van der Waals surface area contributed by atoms with Gasteiger partial charge in [0.2, 0.25) is 0 Å². The van der Waals surface area contributed by atoms with Crippen LogP contribution in [0, 0.1) is 0 Å². The minimum Gasteiger partial charge on any atom is -0.334 e. The normalized spacial score (nSPS) is 16.7. The van der Waals surface area contributed by atoms with Crippen molar-refractivity contribution < 1.29 is 4.79 Å². The van der Waals surface area contributed by atoms with Gasteiger partial charge in [0.25, 0.3) is 5.91 Å². The van der Waals surface area contributed by atoms with E-state index in [2.05, 4.69) is 24.3 Å². The molecule has 128 valence electrons. The molecule has 0 bridgehead atoms. The first-order valence-electron chi connectivity index (χ1n) is 8.06. The van der Waals surface area contributed by atoms with E-state index >= 15 is 0 Å². The lowest BCUT2D eigenvalue weighted by molar-refractivity contribution is 0.0741. The van der Waals surface area contributed by atoms with Crippen molar-refractivity contribution in [1.29, 1.82) is 0 Å². The van der Waals surface area contributed by atoms with Crippen LogP contribution in [0.5, 0.6) is 0 Å². The Kier molecular flexibility index (Phi) is 7.16. The topological polar surface area (TPSA) is 46.3 Å². The lowest BCUT2D eigenvalue weighted by atomic mass is 10.1. The molecule has 2 aromatic rings. The zero-order chi connectivity index (χ0) is 16.1. The van der Waals surface area contributed by atoms with Gasteiger partial charge in [-0.05, 0) is 42.7 Å². The van der Waals surface area contributed by atoms with Gasteiger partial charge in [0, 0.05) is 35.3 Å². The highest BCUT2D eigenvalue weighted by molar-refractivity contribution is 7.98. The molecule has 1 aliphatic rings. The van der Waals surface area contributed by atoms with Crippen LogP contribution in [0.1, 0.15) is 28.8 Å². The average Bonchev–Trinajstić information content (AvgIpc) is 3.09. The molecular weight excluding hydrogens is 340 g/mol. The van der Waals surface area contributed by atoms with E-state index < -0.39 is 0 Å². The number of nitrogens with two attached hydrogens (primary N) is 1. The van der Waals surface area contributed by atoms with E-state index in [0.29, 0.717) is 6.54 Å². The summed E-state index contributed by atoms with van der Waals surface area (Å²) in [5.41, 5.74) is 7.75. The van der Waals surface area contributed by atoms with Crippen molar-refractivity contribution in [2.24, 2.45) is 5.73 Å². The molecule has 1 fully saturated rings. The van der Waals surface area contributed by atoms with Crippen LogP contribution in [0.25, 0.3) is 0 Å². The second-order valence-electron chi connectivity index (χ2n) is 5.83. The summed E-state index contributed by atoms with van der Waals surface area (Å²) in [5.74, 6) is 1.02. The highest BCUT2D eigenvalue weighted by Gasteiger charge is 2.28. The number of rotatable bonds is 5. The van der Waals surface area contributed by atoms with Gasteiger partial charge in [-0.1, -0.05) is 30.3 Å². The Balaban J connectivity index is 0.00000208. The molecule has 2 aromatic carbocycles. The number of thioether (sulfide) groups is 1.